The number of benzene rings is 3. The largest absolute Gasteiger partial charge is 0.486 e. The summed E-state index contributed by atoms with van der Waals surface area (Å²) in [7, 11) is 4.13. The highest BCUT2D eigenvalue weighted by Gasteiger charge is 2.28. The van der Waals surface area contributed by atoms with Crippen molar-refractivity contribution in [3.05, 3.63) is 95.6 Å². The van der Waals surface area contributed by atoms with Crippen LogP contribution in [0.25, 0.3) is 0 Å². The normalized spacial score (nSPS) is 19.1. The summed E-state index contributed by atoms with van der Waals surface area (Å²) in [4.78, 5) is 2.16. The van der Waals surface area contributed by atoms with Gasteiger partial charge in [0, 0.05) is 24.9 Å². The van der Waals surface area contributed by atoms with Gasteiger partial charge in [0.25, 0.3) is 0 Å². The number of nitrogens with zero attached hydrogens (tertiary/aromatic N) is 1. The number of aliphatic hydroxyl groups excluding tert-OH is 1. The summed E-state index contributed by atoms with van der Waals surface area (Å²) in [5.74, 6) is 1.47. The molecule has 0 radical (unpaired) electrons. The molecule has 3 aromatic carbocycles. The number of hydrogen-bond acceptors (Lipinski definition) is 4. The van der Waals surface area contributed by atoms with E-state index in [1.807, 2.05) is 66.7 Å². The van der Waals surface area contributed by atoms with E-state index in [-0.39, 0.29) is 12.2 Å². The maximum absolute atomic E-state index is 10.8. The van der Waals surface area contributed by atoms with Crippen molar-refractivity contribution >= 4 is 0 Å². The van der Waals surface area contributed by atoms with Crippen molar-refractivity contribution in [2.75, 3.05) is 20.6 Å². The fraction of sp³-hybridized carbons (Fsp3) is 0.308. The molecule has 3 atom stereocenters. The third-order valence-corrected chi connectivity index (χ3v) is 5.51. The van der Waals surface area contributed by atoms with Crippen molar-refractivity contribution < 1.29 is 14.6 Å². The first kappa shape index (κ1) is 20.5. The lowest BCUT2D eigenvalue weighted by molar-refractivity contribution is 0.0650. The van der Waals surface area contributed by atoms with Crippen LogP contribution in [0.15, 0.2) is 78.9 Å². The molecular formula is C26H29NO3. The van der Waals surface area contributed by atoms with E-state index < -0.39 is 6.10 Å². The number of aliphatic hydroxyl groups is 1. The van der Waals surface area contributed by atoms with Crippen molar-refractivity contribution in [2.45, 2.75) is 31.2 Å². The fourth-order valence-corrected chi connectivity index (χ4v) is 3.87. The van der Waals surface area contributed by atoms with Gasteiger partial charge in [0.1, 0.15) is 23.7 Å². The van der Waals surface area contributed by atoms with Crippen LogP contribution in [-0.2, 0) is 0 Å². The molecule has 1 aliphatic heterocycles. The van der Waals surface area contributed by atoms with Gasteiger partial charge < -0.3 is 19.5 Å². The summed E-state index contributed by atoms with van der Waals surface area (Å²) >= 11 is 0. The van der Waals surface area contributed by atoms with Crippen molar-refractivity contribution in [3.63, 3.8) is 0 Å². The van der Waals surface area contributed by atoms with Gasteiger partial charge in [-0.15, -0.1) is 0 Å². The molecule has 156 valence electrons. The number of hydrogen-bond donors (Lipinski definition) is 1. The molecule has 4 heteroatoms. The number of ether oxygens (including phenoxy) is 2. The molecule has 30 heavy (non-hydrogen) atoms. The van der Waals surface area contributed by atoms with Crippen LogP contribution in [-0.4, -0.2) is 30.6 Å². The summed E-state index contributed by atoms with van der Waals surface area (Å²) in [6, 6.07) is 26.1. The van der Waals surface area contributed by atoms with Crippen molar-refractivity contribution in [1.82, 2.24) is 4.90 Å². The molecule has 0 bridgehead atoms. The Hall–Kier alpha value is -2.82. The number of rotatable bonds is 7. The van der Waals surface area contributed by atoms with E-state index in [2.05, 4.69) is 31.1 Å². The standard InChI is InChI=1S/C26H29NO3/c1-27(2)16-15-24(19-9-5-3-6-10-19)29-21-13-14-25-22(17-21)23(28)18-26(30-25)20-11-7-4-8-12-20/h3-14,17,23-24,26,28H,15-16,18H2,1-2H3. The summed E-state index contributed by atoms with van der Waals surface area (Å²) < 4.78 is 12.6. The Kier molecular flexibility index (Phi) is 6.36. The first-order valence-corrected chi connectivity index (χ1v) is 10.5. The van der Waals surface area contributed by atoms with E-state index in [1.54, 1.807) is 0 Å². The quantitative estimate of drug-likeness (QED) is 0.580. The summed E-state index contributed by atoms with van der Waals surface area (Å²) in [6.45, 7) is 0.926. The molecule has 0 saturated heterocycles. The average Bonchev–Trinajstić information content (AvgIpc) is 2.78. The highest BCUT2D eigenvalue weighted by atomic mass is 16.5. The van der Waals surface area contributed by atoms with Crippen LogP contribution in [0.1, 0.15) is 47.8 Å². The first-order valence-electron chi connectivity index (χ1n) is 10.5. The molecule has 1 N–H and O–H groups in total. The van der Waals surface area contributed by atoms with E-state index >= 15 is 0 Å². The van der Waals surface area contributed by atoms with Crippen LogP contribution in [0.5, 0.6) is 11.5 Å². The molecule has 3 aromatic rings. The number of fused-ring (bicyclic) bond motifs is 1. The van der Waals surface area contributed by atoms with Gasteiger partial charge in [-0.05, 0) is 43.4 Å². The smallest absolute Gasteiger partial charge is 0.127 e. The predicted molar refractivity (Wildman–Crippen MR) is 119 cm³/mol. The van der Waals surface area contributed by atoms with Gasteiger partial charge in [-0.1, -0.05) is 60.7 Å². The zero-order chi connectivity index (χ0) is 20.9. The van der Waals surface area contributed by atoms with Gasteiger partial charge in [0.05, 0.1) is 6.10 Å². The molecular weight excluding hydrogens is 374 g/mol. The Balaban J connectivity index is 1.54. The first-order chi connectivity index (χ1) is 14.6. The van der Waals surface area contributed by atoms with Gasteiger partial charge in [-0.3, -0.25) is 0 Å². The van der Waals surface area contributed by atoms with E-state index in [0.29, 0.717) is 6.42 Å². The Morgan fingerprint density at radius 1 is 1.00 bits per heavy atom. The molecule has 4 nitrogen and oxygen atoms in total. The van der Waals surface area contributed by atoms with Crippen LogP contribution in [0, 0.1) is 0 Å². The summed E-state index contributed by atoms with van der Waals surface area (Å²) in [5, 5.41) is 10.8. The zero-order valence-corrected chi connectivity index (χ0v) is 17.6. The van der Waals surface area contributed by atoms with Crippen molar-refractivity contribution in [3.8, 4) is 11.5 Å². The van der Waals surface area contributed by atoms with E-state index in [9.17, 15) is 5.11 Å². The molecule has 0 fully saturated rings. The molecule has 0 aromatic heterocycles. The molecule has 0 saturated carbocycles. The maximum atomic E-state index is 10.8. The SMILES string of the molecule is CN(C)CCC(Oc1ccc2c(c1)C(O)CC(c1ccccc1)O2)c1ccccc1. The van der Waals surface area contributed by atoms with Crippen LogP contribution < -0.4 is 9.47 Å². The molecule has 0 spiro atoms. The lowest BCUT2D eigenvalue weighted by atomic mass is 9.95. The topological polar surface area (TPSA) is 41.9 Å². The summed E-state index contributed by atoms with van der Waals surface area (Å²) in [5.41, 5.74) is 3.02. The molecule has 3 unspecified atom stereocenters. The van der Waals surface area contributed by atoms with Crippen molar-refractivity contribution in [2.24, 2.45) is 0 Å². The second-order valence-electron chi connectivity index (χ2n) is 8.08. The Bertz CT molecular complexity index is 943. The second kappa shape index (κ2) is 9.33. The van der Waals surface area contributed by atoms with E-state index in [1.165, 1.54) is 0 Å². The second-order valence-corrected chi connectivity index (χ2v) is 8.08. The third-order valence-electron chi connectivity index (χ3n) is 5.51. The van der Waals surface area contributed by atoms with Crippen LogP contribution in [0.3, 0.4) is 0 Å². The molecule has 4 rings (SSSR count). The maximum Gasteiger partial charge on any atom is 0.127 e. The van der Waals surface area contributed by atoms with Gasteiger partial charge >= 0.3 is 0 Å². The molecule has 1 aliphatic rings. The van der Waals surface area contributed by atoms with Crippen LogP contribution >= 0.6 is 0 Å². The van der Waals surface area contributed by atoms with E-state index in [4.69, 9.17) is 9.47 Å². The van der Waals surface area contributed by atoms with Gasteiger partial charge in [0.2, 0.25) is 0 Å². The minimum absolute atomic E-state index is 0.0506. The highest BCUT2D eigenvalue weighted by molar-refractivity contribution is 5.44. The molecule has 1 heterocycles. The molecule has 0 amide bonds. The van der Waals surface area contributed by atoms with Gasteiger partial charge in [0.15, 0.2) is 0 Å². The minimum atomic E-state index is -0.584. The van der Waals surface area contributed by atoms with Crippen molar-refractivity contribution in [1.29, 1.82) is 0 Å². The molecule has 0 aliphatic carbocycles. The predicted octanol–water partition coefficient (Wildman–Crippen LogP) is 5.32. The average molecular weight is 404 g/mol. The van der Waals surface area contributed by atoms with Crippen LogP contribution in [0.4, 0.5) is 0 Å². The zero-order valence-electron chi connectivity index (χ0n) is 17.6. The fourth-order valence-electron chi connectivity index (χ4n) is 3.87. The lowest BCUT2D eigenvalue weighted by Gasteiger charge is -2.30. The Morgan fingerprint density at radius 2 is 1.70 bits per heavy atom. The lowest BCUT2D eigenvalue weighted by Crippen LogP contribution is -2.20. The van der Waals surface area contributed by atoms with Gasteiger partial charge in [-0.2, -0.15) is 0 Å². The summed E-state index contributed by atoms with van der Waals surface area (Å²) in [6.07, 6.45) is 0.634. The van der Waals surface area contributed by atoms with E-state index in [0.717, 1.165) is 41.2 Å². The Morgan fingerprint density at radius 3 is 2.40 bits per heavy atom. The third kappa shape index (κ3) is 4.84. The van der Waals surface area contributed by atoms with Crippen LogP contribution in [0.2, 0.25) is 0 Å². The minimum Gasteiger partial charge on any atom is -0.486 e. The highest BCUT2D eigenvalue weighted by Crippen LogP contribution is 2.42. The monoisotopic (exact) mass is 403 g/mol. The van der Waals surface area contributed by atoms with Gasteiger partial charge in [-0.25, -0.2) is 0 Å². The Labute approximate surface area is 178 Å².